The van der Waals surface area contributed by atoms with Gasteiger partial charge in [-0.05, 0) is 43.2 Å². The highest BCUT2D eigenvalue weighted by molar-refractivity contribution is 5.83. The maximum atomic E-state index is 12.8. The number of likely N-dealkylation sites (tertiary alicyclic amines) is 1. The summed E-state index contributed by atoms with van der Waals surface area (Å²) in [7, 11) is 0. The fraction of sp³-hybridized carbons (Fsp3) is 0.588. The second-order valence-electron chi connectivity index (χ2n) is 6.30. The van der Waals surface area contributed by atoms with Gasteiger partial charge in [0, 0.05) is 19.1 Å². The van der Waals surface area contributed by atoms with Crippen molar-refractivity contribution in [2.75, 3.05) is 6.54 Å². The minimum absolute atomic E-state index is 0.0438. The first-order chi connectivity index (χ1) is 9.66. The van der Waals surface area contributed by atoms with E-state index in [4.69, 9.17) is 0 Å². The van der Waals surface area contributed by atoms with Gasteiger partial charge in [0.2, 0.25) is 5.91 Å². The summed E-state index contributed by atoms with van der Waals surface area (Å²) in [4.78, 5) is 14.9. The van der Waals surface area contributed by atoms with E-state index < -0.39 is 0 Å². The number of hydrogen-bond acceptors (Lipinski definition) is 2. The third-order valence-electron chi connectivity index (χ3n) is 5.04. The molecule has 0 aliphatic carbocycles. The number of carbonyl (C=O) groups is 1. The molecule has 2 unspecified atom stereocenters. The van der Waals surface area contributed by atoms with Gasteiger partial charge in [-0.3, -0.25) is 4.79 Å². The number of rotatable bonds is 1. The van der Waals surface area contributed by atoms with Crippen LogP contribution >= 0.6 is 0 Å². The van der Waals surface area contributed by atoms with Gasteiger partial charge in [0.1, 0.15) is 0 Å². The summed E-state index contributed by atoms with van der Waals surface area (Å²) in [6, 6.07) is 8.76. The van der Waals surface area contributed by atoms with Gasteiger partial charge in [-0.2, -0.15) is 0 Å². The van der Waals surface area contributed by atoms with Gasteiger partial charge in [0.25, 0.3) is 0 Å². The fourth-order valence-electron chi connectivity index (χ4n) is 3.48. The number of amides is 1. The van der Waals surface area contributed by atoms with Crippen LogP contribution in [-0.2, 0) is 17.8 Å². The Balaban J connectivity index is 1.72. The molecule has 1 N–H and O–H groups in total. The molecule has 1 saturated heterocycles. The zero-order chi connectivity index (χ0) is 14.1. The van der Waals surface area contributed by atoms with Crippen LogP contribution in [0.2, 0.25) is 0 Å². The lowest BCUT2D eigenvalue weighted by Crippen LogP contribution is -2.55. The van der Waals surface area contributed by atoms with Crippen LogP contribution in [0.25, 0.3) is 0 Å². The fourth-order valence-corrected chi connectivity index (χ4v) is 3.48. The summed E-state index contributed by atoms with van der Waals surface area (Å²) in [5, 5.41) is 3.42. The quantitative estimate of drug-likeness (QED) is 0.851. The largest absolute Gasteiger partial charge is 0.338 e. The van der Waals surface area contributed by atoms with E-state index in [1.165, 1.54) is 17.5 Å². The van der Waals surface area contributed by atoms with Crippen molar-refractivity contribution in [2.24, 2.45) is 5.92 Å². The molecule has 1 amide bonds. The molecule has 0 bridgehead atoms. The van der Waals surface area contributed by atoms with Crippen molar-refractivity contribution in [1.29, 1.82) is 0 Å². The zero-order valence-corrected chi connectivity index (χ0v) is 12.4. The molecule has 1 aromatic carbocycles. The zero-order valence-electron chi connectivity index (χ0n) is 12.4. The van der Waals surface area contributed by atoms with E-state index in [2.05, 4.69) is 48.3 Å². The standard InChI is InChI=1S/C17H24N2O/c1-12-6-5-9-19(13(12)2)17(20)16-10-14-7-3-4-8-15(14)11-18-16/h3-4,7-8,12-13,16,18H,5-6,9-11H2,1-2H3/t12?,13?,16-/m0/s1. The summed E-state index contributed by atoms with van der Waals surface area (Å²) < 4.78 is 0. The van der Waals surface area contributed by atoms with Gasteiger partial charge in [-0.15, -0.1) is 0 Å². The van der Waals surface area contributed by atoms with Gasteiger partial charge in [-0.1, -0.05) is 31.2 Å². The van der Waals surface area contributed by atoms with E-state index in [0.29, 0.717) is 17.9 Å². The van der Waals surface area contributed by atoms with Crippen LogP contribution in [0.15, 0.2) is 24.3 Å². The molecular weight excluding hydrogens is 248 g/mol. The van der Waals surface area contributed by atoms with Crippen molar-refractivity contribution >= 4 is 5.91 Å². The average Bonchev–Trinajstić information content (AvgIpc) is 2.49. The Hall–Kier alpha value is -1.35. The minimum Gasteiger partial charge on any atom is -0.338 e. The van der Waals surface area contributed by atoms with Crippen LogP contribution in [-0.4, -0.2) is 29.4 Å². The SMILES string of the molecule is CC1CCCN(C(=O)[C@@H]2Cc3ccccc3CN2)C1C. The molecule has 0 radical (unpaired) electrons. The number of hydrogen-bond donors (Lipinski definition) is 1. The van der Waals surface area contributed by atoms with Crippen molar-refractivity contribution < 1.29 is 4.79 Å². The van der Waals surface area contributed by atoms with Crippen LogP contribution < -0.4 is 5.32 Å². The molecule has 2 heterocycles. The van der Waals surface area contributed by atoms with Crippen molar-refractivity contribution in [2.45, 2.75) is 51.7 Å². The summed E-state index contributed by atoms with van der Waals surface area (Å²) in [6.45, 7) is 6.18. The lowest BCUT2D eigenvalue weighted by molar-refractivity contribution is -0.138. The highest BCUT2D eigenvalue weighted by Gasteiger charge is 2.33. The molecule has 3 rings (SSSR count). The third-order valence-corrected chi connectivity index (χ3v) is 5.04. The Labute approximate surface area is 121 Å². The molecule has 3 nitrogen and oxygen atoms in total. The predicted molar refractivity (Wildman–Crippen MR) is 80.3 cm³/mol. The average molecular weight is 272 g/mol. The molecule has 20 heavy (non-hydrogen) atoms. The second-order valence-corrected chi connectivity index (χ2v) is 6.30. The Bertz CT molecular complexity index is 500. The second kappa shape index (κ2) is 5.57. The Kier molecular flexibility index (Phi) is 3.79. The molecular formula is C17H24N2O. The van der Waals surface area contributed by atoms with Crippen molar-refractivity contribution in [3.8, 4) is 0 Å². The van der Waals surface area contributed by atoms with E-state index in [9.17, 15) is 4.79 Å². The molecule has 3 atom stereocenters. The van der Waals surface area contributed by atoms with Crippen LogP contribution in [0.5, 0.6) is 0 Å². The van der Waals surface area contributed by atoms with E-state index in [0.717, 1.165) is 25.9 Å². The lowest BCUT2D eigenvalue weighted by Gasteiger charge is -2.40. The predicted octanol–water partition coefficient (Wildman–Crippen LogP) is 2.35. The van der Waals surface area contributed by atoms with Crippen molar-refractivity contribution in [1.82, 2.24) is 10.2 Å². The van der Waals surface area contributed by atoms with Gasteiger partial charge in [0.15, 0.2) is 0 Å². The van der Waals surface area contributed by atoms with Gasteiger partial charge < -0.3 is 10.2 Å². The summed E-state index contributed by atoms with van der Waals surface area (Å²) in [5.41, 5.74) is 2.65. The first-order valence-electron chi connectivity index (χ1n) is 7.77. The highest BCUT2D eigenvalue weighted by Crippen LogP contribution is 2.25. The van der Waals surface area contributed by atoms with Gasteiger partial charge in [-0.25, -0.2) is 0 Å². The summed E-state index contributed by atoms with van der Waals surface area (Å²) >= 11 is 0. The van der Waals surface area contributed by atoms with E-state index in [1.54, 1.807) is 0 Å². The third kappa shape index (κ3) is 2.47. The van der Waals surface area contributed by atoms with Crippen LogP contribution in [0.1, 0.15) is 37.8 Å². The summed E-state index contributed by atoms with van der Waals surface area (Å²) in [5.74, 6) is 0.905. The molecule has 0 spiro atoms. The molecule has 2 aliphatic rings. The van der Waals surface area contributed by atoms with Crippen LogP contribution in [0.3, 0.4) is 0 Å². The van der Waals surface area contributed by atoms with E-state index in [1.807, 2.05) is 0 Å². The topological polar surface area (TPSA) is 32.3 Å². The molecule has 0 saturated carbocycles. The smallest absolute Gasteiger partial charge is 0.240 e. The number of piperidine rings is 1. The van der Waals surface area contributed by atoms with E-state index in [-0.39, 0.29) is 6.04 Å². The van der Waals surface area contributed by atoms with Crippen LogP contribution in [0, 0.1) is 5.92 Å². The maximum Gasteiger partial charge on any atom is 0.240 e. The first-order valence-corrected chi connectivity index (χ1v) is 7.77. The number of fused-ring (bicyclic) bond motifs is 1. The van der Waals surface area contributed by atoms with E-state index >= 15 is 0 Å². The first kappa shape index (κ1) is 13.6. The minimum atomic E-state index is -0.0438. The molecule has 0 aromatic heterocycles. The Morgan fingerprint density at radius 1 is 1.25 bits per heavy atom. The number of nitrogens with zero attached hydrogens (tertiary/aromatic N) is 1. The molecule has 108 valence electrons. The summed E-state index contributed by atoms with van der Waals surface area (Å²) in [6.07, 6.45) is 3.21. The Morgan fingerprint density at radius 3 is 2.80 bits per heavy atom. The monoisotopic (exact) mass is 272 g/mol. The molecule has 2 aliphatic heterocycles. The van der Waals surface area contributed by atoms with Crippen molar-refractivity contribution in [3.63, 3.8) is 0 Å². The van der Waals surface area contributed by atoms with Gasteiger partial charge in [0.05, 0.1) is 6.04 Å². The normalized spacial score (nSPS) is 29.9. The lowest BCUT2D eigenvalue weighted by atomic mass is 9.90. The molecule has 3 heteroatoms. The van der Waals surface area contributed by atoms with Crippen LogP contribution in [0.4, 0.5) is 0 Å². The highest BCUT2D eigenvalue weighted by atomic mass is 16.2. The number of carbonyl (C=O) groups excluding carboxylic acids is 1. The van der Waals surface area contributed by atoms with Gasteiger partial charge >= 0.3 is 0 Å². The number of nitrogens with one attached hydrogen (secondary N) is 1. The molecule has 1 aromatic rings. The number of benzene rings is 1. The maximum absolute atomic E-state index is 12.8. The Morgan fingerprint density at radius 2 is 2.00 bits per heavy atom. The molecule has 1 fully saturated rings. The van der Waals surface area contributed by atoms with Crippen molar-refractivity contribution in [3.05, 3.63) is 35.4 Å².